The molecule has 0 unspecified atom stereocenters. The van der Waals surface area contributed by atoms with Gasteiger partial charge >= 0.3 is 0 Å². The Kier molecular flexibility index (Phi) is 5.66. The van der Waals surface area contributed by atoms with Crippen molar-refractivity contribution in [3.8, 4) is 0 Å². The average Bonchev–Trinajstić information content (AvgIpc) is 3.20. The third-order valence-corrected chi connectivity index (χ3v) is 4.73. The van der Waals surface area contributed by atoms with E-state index in [0.717, 1.165) is 38.9 Å². The van der Waals surface area contributed by atoms with E-state index < -0.39 is 0 Å². The molecule has 1 saturated heterocycles. The number of aromatic amines is 1. The largest absolute Gasteiger partial charge is 0.367 e. The maximum absolute atomic E-state index is 13.0. The number of carbonyl (C=O) groups is 2. The molecule has 1 amide bonds. The van der Waals surface area contributed by atoms with Gasteiger partial charge in [-0.05, 0) is 50.6 Å². The van der Waals surface area contributed by atoms with Gasteiger partial charge in [0.25, 0.3) is 5.91 Å². The van der Waals surface area contributed by atoms with Crippen LogP contribution in [0.4, 0.5) is 0 Å². The first-order chi connectivity index (χ1) is 12.2. The molecule has 2 aromatic rings. The molecule has 3 rings (SSSR count). The first-order valence-corrected chi connectivity index (χ1v) is 9.00. The Labute approximate surface area is 148 Å². The molecule has 25 heavy (non-hydrogen) atoms. The molecular formula is C20H25N3O2. The molecule has 1 fully saturated rings. The summed E-state index contributed by atoms with van der Waals surface area (Å²) >= 11 is 0. The van der Waals surface area contributed by atoms with Gasteiger partial charge in [0, 0.05) is 41.7 Å². The Bertz CT molecular complexity index is 701. The zero-order chi connectivity index (χ0) is 17.6. The van der Waals surface area contributed by atoms with Gasteiger partial charge < -0.3 is 15.2 Å². The molecule has 1 aromatic heterocycles. The zero-order valence-electron chi connectivity index (χ0n) is 14.6. The summed E-state index contributed by atoms with van der Waals surface area (Å²) in [7, 11) is 0. The Morgan fingerprint density at radius 1 is 1.04 bits per heavy atom. The highest BCUT2D eigenvalue weighted by atomic mass is 16.2. The van der Waals surface area contributed by atoms with Crippen LogP contribution in [0.2, 0.25) is 0 Å². The summed E-state index contributed by atoms with van der Waals surface area (Å²) in [5, 5.41) is 3.35. The van der Waals surface area contributed by atoms with Crippen molar-refractivity contribution in [1.82, 2.24) is 15.2 Å². The smallest absolute Gasteiger partial charge is 0.254 e. The molecule has 0 bridgehead atoms. The highest BCUT2D eigenvalue weighted by molar-refractivity contribution is 6.09. The Hall–Kier alpha value is -2.40. The fraction of sp³-hybridized carbons (Fsp3) is 0.400. The Morgan fingerprint density at radius 2 is 1.72 bits per heavy atom. The van der Waals surface area contributed by atoms with Crippen molar-refractivity contribution in [2.75, 3.05) is 19.6 Å². The van der Waals surface area contributed by atoms with E-state index in [1.54, 1.807) is 42.7 Å². The van der Waals surface area contributed by atoms with Crippen LogP contribution in [-0.2, 0) is 0 Å². The Balaban J connectivity index is 1.75. The van der Waals surface area contributed by atoms with Crippen LogP contribution in [0.5, 0.6) is 0 Å². The lowest BCUT2D eigenvalue weighted by atomic mass is 10.0. The number of hydrogen-bond acceptors (Lipinski definition) is 3. The molecule has 5 nitrogen and oxygen atoms in total. The van der Waals surface area contributed by atoms with E-state index in [1.807, 2.05) is 4.90 Å². The maximum Gasteiger partial charge on any atom is 0.254 e. The lowest BCUT2D eigenvalue weighted by molar-refractivity contribution is 0.0642. The molecule has 1 aliphatic rings. The van der Waals surface area contributed by atoms with Crippen molar-refractivity contribution in [3.05, 3.63) is 59.4 Å². The van der Waals surface area contributed by atoms with E-state index in [1.165, 1.54) is 0 Å². The van der Waals surface area contributed by atoms with E-state index >= 15 is 0 Å². The van der Waals surface area contributed by atoms with Gasteiger partial charge in [0.15, 0.2) is 5.78 Å². The monoisotopic (exact) mass is 339 g/mol. The molecule has 0 atom stereocenters. The van der Waals surface area contributed by atoms with Gasteiger partial charge in [-0.25, -0.2) is 0 Å². The van der Waals surface area contributed by atoms with Gasteiger partial charge in [0.1, 0.15) is 0 Å². The second-order valence-electron chi connectivity index (χ2n) is 6.49. The second kappa shape index (κ2) is 8.12. The minimum absolute atomic E-state index is 0.0379. The third kappa shape index (κ3) is 3.99. The number of rotatable bonds is 6. The molecule has 0 spiro atoms. The number of nitrogens with one attached hydrogen (secondary N) is 2. The van der Waals surface area contributed by atoms with E-state index in [9.17, 15) is 9.59 Å². The van der Waals surface area contributed by atoms with Crippen molar-refractivity contribution in [1.29, 1.82) is 0 Å². The van der Waals surface area contributed by atoms with Crippen LogP contribution in [0.15, 0.2) is 42.7 Å². The van der Waals surface area contributed by atoms with Crippen LogP contribution >= 0.6 is 0 Å². The van der Waals surface area contributed by atoms with Crippen LogP contribution in [0.1, 0.15) is 52.5 Å². The zero-order valence-corrected chi connectivity index (χ0v) is 14.6. The molecule has 132 valence electrons. The number of ketones is 1. The first-order valence-electron chi connectivity index (χ1n) is 9.00. The van der Waals surface area contributed by atoms with Crippen molar-refractivity contribution < 1.29 is 9.59 Å². The topological polar surface area (TPSA) is 65.2 Å². The SMILES string of the molecule is CCCN(C(=O)c1ccc(C(=O)c2cc[nH]c2)cc1)C1CCNCC1. The predicted molar refractivity (Wildman–Crippen MR) is 97.9 cm³/mol. The highest BCUT2D eigenvalue weighted by Gasteiger charge is 2.25. The number of piperidine rings is 1. The van der Waals surface area contributed by atoms with Gasteiger partial charge in [0.05, 0.1) is 0 Å². The van der Waals surface area contributed by atoms with Gasteiger partial charge in [-0.2, -0.15) is 0 Å². The van der Waals surface area contributed by atoms with Crippen LogP contribution < -0.4 is 5.32 Å². The van der Waals surface area contributed by atoms with Crippen molar-refractivity contribution in [3.63, 3.8) is 0 Å². The molecule has 2 heterocycles. The average molecular weight is 339 g/mol. The molecule has 0 radical (unpaired) electrons. The molecule has 0 aliphatic carbocycles. The van der Waals surface area contributed by atoms with E-state index in [4.69, 9.17) is 0 Å². The van der Waals surface area contributed by atoms with Crippen molar-refractivity contribution >= 4 is 11.7 Å². The molecule has 1 aliphatic heterocycles. The van der Waals surface area contributed by atoms with E-state index in [2.05, 4.69) is 17.2 Å². The standard InChI is InChI=1S/C20H25N3O2/c1-2-13-23(18-8-11-21-12-9-18)20(25)16-5-3-15(4-6-16)19(24)17-7-10-22-14-17/h3-7,10,14,18,21-22H,2,8-9,11-13H2,1H3. The predicted octanol–water partition coefficient (Wildman–Crippen LogP) is 2.85. The summed E-state index contributed by atoms with van der Waals surface area (Å²) in [6.07, 6.45) is 6.35. The van der Waals surface area contributed by atoms with Crippen LogP contribution in [0.25, 0.3) is 0 Å². The summed E-state index contributed by atoms with van der Waals surface area (Å²) in [5.41, 5.74) is 1.87. The van der Waals surface area contributed by atoms with Gasteiger partial charge in [-0.15, -0.1) is 0 Å². The lowest BCUT2D eigenvalue weighted by Gasteiger charge is -2.34. The fourth-order valence-corrected chi connectivity index (χ4v) is 3.37. The molecular weight excluding hydrogens is 314 g/mol. The van der Waals surface area contributed by atoms with Crippen molar-refractivity contribution in [2.45, 2.75) is 32.2 Å². The molecule has 1 aromatic carbocycles. The number of nitrogens with zero attached hydrogens (tertiary/aromatic N) is 1. The van der Waals surface area contributed by atoms with E-state index in [-0.39, 0.29) is 11.7 Å². The number of benzene rings is 1. The maximum atomic E-state index is 13.0. The first kappa shape index (κ1) is 17.4. The molecule has 2 N–H and O–H groups in total. The summed E-state index contributed by atoms with van der Waals surface area (Å²) in [4.78, 5) is 30.2. The van der Waals surface area contributed by atoms with E-state index in [0.29, 0.717) is 22.7 Å². The minimum atomic E-state index is -0.0379. The summed E-state index contributed by atoms with van der Waals surface area (Å²) < 4.78 is 0. The molecule has 0 saturated carbocycles. The summed E-state index contributed by atoms with van der Waals surface area (Å²) in [6, 6.07) is 9.08. The van der Waals surface area contributed by atoms with Crippen LogP contribution in [-0.4, -0.2) is 47.3 Å². The summed E-state index contributed by atoms with van der Waals surface area (Å²) in [6.45, 7) is 4.79. The number of aromatic nitrogens is 1. The van der Waals surface area contributed by atoms with Gasteiger partial charge in [0.2, 0.25) is 0 Å². The van der Waals surface area contributed by atoms with Crippen LogP contribution in [0.3, 0.4) is 0 Å². The molecule has 5 heteroatoms. The minimum Gasteiger partial charge on any atom is -0.367 e. The fourth-order valence-electron chi connectivity index (χ4n) is 3.37. The lowest BCUT2D eigenvalue weighted by Crippen LogP contribution is -2.46. The van der Waals surface area contributed by atoms with Crippen molar-refractivity contribution in [2.24, 2.45) is 0 Å². The second-order valence-corrected chi connectivity index (χ2v) is 6.49. The highest BCUT2D eigenvalue weighted by Crippen LogP contribution is 2.18. The number of H-pyrrole nitrogens is 1. The number of hydrogen-bond donors (Lipinski definition) is 2. The normalized spacial score (nSPS) is 15.1. The number of carbonyl (C=O) groups excluding carboxylic acids is 2. The summed E-state index contributed by atoms with van der Waals surface area (Å²) in [5.74, 6) is 0.0263. The number of amides is 1. The van der Waals surface area contributed by atoms with Crippen LogP contribution in [0, 0.1) is 0 Å². The Morgan fingerprint density at radius 3 is 2.32 bits per heavy atom. The third-order valence-electron chi connectivity index (χ3n) is 4.73. The van der Waals surface area contributed by atoms with Gasteiger partial charge in [-0.3, -0.25) is 9.59 Å². The van der Waals surface area contributed by atoms with Gasteiger partial charge in [-0.1, -0.05) is 19.1 Å². The quantitative estimate of drug-likeness (QED) is 0.796.